The third-order valence-electron chi connectivity index (χ3n) is 4.24. The van der Waals surface area contributed by atoms with Gasteiger partial charge in [0.1, 0.15) is 0 Å². The summed E-state index contributed by atoms with van der Waals surface area (Å²) in [4.78, 5) is 0. The maximum absolute atomic E-state index is 9.09. The predicted octanol–water partition coefficient (Wildman–Crippen LogP) is 4.79. The van der Waals surface area contributed by atoms with Gasteiger partial charge < -0.3 is 5.11 Å². The molecule has 1 saturated carbocycles. The molecule has 2 rings (SSSR count). The molecule has 0 aliphatic heterocycles. The van der Waals surface area contributed by atoms with Gasteiger partial charge in [-0.1, -0.05) is 69.2 Å². The van der Waals surface area contributed by atoms with Gasteiger partial charge in [-0.15, -0.1) is 0 Å². The molecule has 0 aromatic heterocycles. The van der Waals surface area contributed by atoms with Crippen LogP contribution in [0, 0.1) is 0 Å². The fraction of sp³-hybridized carbons (Fsp3) is 0.647. The van der Waals surface area contributed by atoms with Crippen LogP contribution in [0.3, 0.4) is 0 Å². The minimum atomic E-state index is 0.158. The Morgan fingerprint density at radius 2 is 1.28 bits per heavy atom. The van der Waals surface area contributed by atoms with Crippen LogP contribution < -0.4 is 0 Å². The van der Waals surface area contributed by atoms with Crippen molar-refractivity contribution in [3.63, 3.8) is 0 Å². The summed E-state index contributed by atoms with van der Waals surface area (Å²) in [5.41, 5.74) is 2.51. The van der Waals surface area contributed by atoms with Crippen molar-refractivity contribution in [3.05, 3.63) is 35.4 Å². The summed E-state index contributed by atoms with van der Waals surface area (Å²) in [6.07, 6.45) is 12.6. The van der Waals surface area contributed by atoms with E-state index >= 15 is 0 Å². The SMILES string of the molecule is OCc1ccc(C2CCCCCCCCC2)cc1. The monoisotopic (exact) mass is 246 g/mol. The van der Waals surface area contributed by atoms with Gasteiger partial charge in [-0.05, 0) is 29.9 Å². The summed E-state index contributed by atoms with van der Waals surface area (Å²) in [6.45, 7) is 0.158. The van der Waals surface area contributed by atoms with E-state index < -0.39 is 0 Å². The Hall–Kier alpha value is -0.820. The molecule has 1 fully saturated rings. The molecule has 100 valence electrons. The fourth-order valence-corrected chi connectivity index (χ4v) is 3.04. The second kappa shape index (κ2) is 7.58. The van der Waals surface area contributed by atoms with E-state index in [1.807, 2.05) is 0 Å². The number of aliphatic hydroxyl groups is 1. The molecular weight excluding hydrogens is 220 g/mol. The average molecular weight is 246 g/mol. The molecule has 1 aromatic rings. The molecule has 0 amide bonds. The largest absolute Gasteiger partial charge is 0.392 e. The van der Waals surface area contributed by atoms with Crippen LogP contribution in [0.5, 0.6) is 0 Å². The number of hydrogen-bond donors (Lipinski definition) is 1. The van der Waals surface area contributed by atoms with Crippen LogP contribution in [0.25, 0.3) is 0 Å². The van der Waals surface area contributed by atoms with Crippen LogP contribution in [0.1, 0.15) is 74.8 Å². The van der Waals surface area contributed by atoms with Gasteiger partial charge in [0.25, 0.3) is 0 Å². The van der Waals surface area contributed by atoms with Gasteiger partial charge in [-0.25, -0.2) is 0 Å². The minimum absolute atomic E-state index is 0.158. The van der Waals surface area contributed by atoms with E-state index in [0.717, 1.165) is 11.5 Å². The number of rotatable bonds is 2. The summed E-state index contributed by atoms with van der Waals surface area (Å²) >= 11 is 0. The van der Waals surface area contributed by atoms with Gasteiger partial charge in [-0.2, -0.15) is 0 Å². The van der Waals surface area contributed by atoms with Crippen LogP contribution in [0.2, 0.25) is 0 Å². The molecule has 0 unspecified atom stereocenters. The highest BCUT2D eigenvalue weighted by atomic mass is 16.3. The molecule has 0 saturated heterocycles. The third kappa shape index (κ3) is 4.13. The highest BCUT2D eigenvalue weighted by Crippen LogP contribution is 2.30. The maximum atomic E-state index is 9.09. The van der Waals surface area contributed by atoms with Crippen molar-refractivity contribution in [2.24, 2.45) is 0 Å². The molecule has 1 heteroatoms. The zero-order chi connectivity index (χ0) is 12.6. The van der Waals surface area contributed by atoms with Crippen molar-refractivity contribution in [3.8, 4) is 0 Å². The Kier molecular flexibility index (Phi) is 5.73. The van der Waals surface area contributed by atoms with Crippen LogP contribution in [0.15, 0.2) is 24.3 Å². The molecule has 1 nitrogen and oxygen atoms in total. The number of aliphatic hydroxyl groups excluding tert-OH is 1. The van der Waals surface area contributed by atoms with Gasteiger partial charge in [0, 0.05) is 0 Å². The van der Waals surface area contributed by atoms with Crippen LogP contribution in [-0.4, -0.2) is 5.11 Å². The van der Waals surface area contributed by atoms with E-state index in [1.54, 1.807) is 0 Å². The van der Waals surface area contributed by atoms with Crippen molar-refractivity contribution >= 4 is 0 Å². The smallest absolute Gasteiger partial charge is 0.0681 e. The third-order valence-corrected chi connectivity index (χ3v) is 4.24. The summed E-state index contributed by atoms with van der Waals surface area (Å²) in [6, 6.07) is 8.60. The molecule has 0 spiro atoms. The summed E-state index contributed by atoms with van der Waals surface area (Å²) in [7, 11) is 0. The zero-order valence-electron chi connectivity index (χ0n) is 11.4. The number of hydrogen-bond acceptors (Lipinski definition) is 1. The lowest BCUT2D eigenvalue weighted by Gasteiger charge is -2.19. The Morgan fingerprint density at radius 1 is 0.778 bits per heavy atom. The van der Waals surface area contributed by atoms with Gasteiger partial charge in [0.05, 0.1) is 6.61 Å². The van der Waals surface area contributed by atoms with Crippen molar-refractivity contribution in [1.29, 1.82) is 0 Å². The second-order valence-electron chi connectivity index (χ2n) is 5.65. The fourth-order valence-electron chi connectivity index (χ4n) is 3.04. The van der Waals surface area contributed by atoms with Gasteiger partial charge >= 0.3 is 0 Å². The van der Waals surface area contributed by atoms with Gasteiger partial charge in [0.2, 0.25) is 0 Å². The second-order valence-corrected chi connectivity index (χ2v) is 5.65. The molecule has 0 bridgehead atoms. The predicted molar refractivity (Wildman–Crippen MR) is 76.7 cm³/mol. The minimum Gasteiger partial charge on any atom is -0.392 e. The lowest BCUT2D eigenvalue weighted by Crippen LogP contribution is -2.01. The molecule has 0 heterocycles. The Bertz CT molecular complexity index is 318. The molecule has 0 atom stereocenters. The highest BCUT2D eigenvalue weighted by Gasteiger charge is 2.12. The maximum Gasteiger partial charge on any atom is 0.0681 e. The first-order valence-electron chi connectivity index (χ1n) is 7.60. The molecule has 18 heavy (non-hydrogen) atoms. The van der Waals surface area contributed by atoms with Crippen LogP contribution >= 0.6 is 0 Å². The summed E-state index contributed by atoms with van der Waals surface area (Å²) < 4.78 is 0. The van der Waals surface area contributed by atoms with Gasteiger partial charge in [0.15, 0.2) is 0 Å². The van der Waals surface area contributed by atoms with E-state index in [9.17, 15) is 0 Å². The standard InChI is InChI=1S/C17H26O/c18-14-15-10-12-17(13-11-15)16-8-6-4-2-1-3-5-7-9-16/h10-13,16,18H,1-9,14H2. The molecule has 0 radical (unpaired) electrons. The lowest BCUT2D eigenvalue weighted by molar-refractivity contribution is 0.282. The lowest BCUT2D eigenvalue weighted by atomic mass is 9.87. The first kappa shape index (κ1) is 13.6. The summed E-state index contributed by atoms with van der Waals surface area (Å²) in [5, 5.41) is 9.09. The van der Waals surface area contributed by atoms with Crippen molar-refractivity contribution in [2.45, 2.75) is 70.3 Å². The summed E-state index contributed by atoms with van der Waals surface area (Å²) in [5.74, 6) is 0.746. The van der Waals surface area contributed by atoms with Crippen molar-refractivity contribution < 1.29 is 5.11 Å². The quantitative estimate of drug-likeness (QED) is 0.795. The molecule has 1 N–H and O–H groups in total. The molecule has 1 aliphatic rings. The first-order valence-corrected chi connectivity index (χ1v) is 7.60. The van der Waals surface area contributed by atoms with Crippen LogP contribution in [0.4, 0.5) is 0 Å². The highest BCUT2D eigenvalue weighted by molar-refractivity contribution is 5.25. The average Bonchev–Trinajstić information content (AvgIpc) is 2.45. The van der Waals surface area contributed by atoms with Gasteiger partial charge in [-0.3, -0.25) is 0 Å². The van der Waals surface area contributed by atoms with E-state index in [4.69, 9.17) is 5.11 Å². The molecular formula is C17H26O. The zero-order valence-corrected chi connectivity index (χ0v) is 11.4. The van der Waals surface area contributed by atoms with E-state index in [1.165, 1.54) is 63.4 Å². The molecule has 1 aliphatic carbocycles. The van der Waals surface area contributed by atoms with E-state index in [-0.39, 0.29) is 6.61 Å². The number of benzene rings is 1. The Labute approximate surface area is 111 Å². The van der Waals surface area contributed by atoms with E-state index in [0.29, 0.717) is 0 Å². The van der Waals surface area contributed by atoms with Crippen LogP contribution in [-0.2, 0) is 6.61 Å². The normalized spacial score (nSPS) is 19.6. The first-order chi connectivity index (χ1) is 8.90. The van der Waals surface area contributed by atoms with E-state index in [2.05, 4.69) is 24.3 Å². The van der Waals surface area contributed by atoms with Crippen molar-refractivity contribution in [1.82, 2.24) is 0 Å². The Balaban J connectivity index is 1.97. The Morgan fingerprint density at radius 3 is 1.78 bits per heavy atom. The topological polar surface area (TPSA) is 20.2 Å². The molecule has 1 aromatic carbocycles. The van der Waals surface area contributed by atoms with Crippen molar-refractivity contribution in [2.75, 3.05) is 0 Å².